The molecule has 0 radical (unpaired) electrons. The maximum absolute atomic E-state index is 13.0. The van der Waals surface area contributed by atoms with Crippen LogP contribution in [0.3, 0.4) is 0 Å². The molecule has 2 aromatic carbocycles. The number of benzene rings is 2. The molecule has 170 valence electrons. The minimum absolute atomic E-state index is 0.136. The predicted molar refractivity (Wildman–Crippen MR) is 120 cm³/mol. The first-order valence-corrected chi connectivity index (χ1v) is 10.9. The minimum atomic E-state index is -0.658. The molecule has 0 aliphatic carbocycles. The fourth-order valence-corrected chi connectivity index (χ4v) is 3.58. The first kappa shape index (κ1) is 23.2. The average molecular weight is 441 g/mol. The summed E-state index contributed by atoms with van der Waals surface area (Å²) >= 11 is 0. The zero-order chi connectivity index (χ0) is 22.9. The molecule has 3 rings (SSSR count). The third-order valence-corrected chi connectivity index (χ3v) is 5.35. The molecule has 3 N–H and O–H groups in total. The van der Waals surface area contributed by atoms with Crippen molar-refractivity contribution in [3.05, 3.63) is 65.5 Å². The number of urea groups is 1. The Morgan fingerprint density at radius 3 is 2.22 bits per heavy atom. The third-order valence-electron chi connectivity index (χ3n) is 5.35. The number of nitrogens with one attached hydrogen (secondary N) is 3. The summed E-state index contributed by atoms with van der Waals surface area (Å²) in [4.78, 5) is 38.5. The van der Waals surface area contributed by atoms with Gasteiger partial charge in [0.1, 0.15) is 11.9 Å². The maximum atomic E-state index is 13.0. The Hall–Kier alpha value is -3.42. The second-order valence-electron chi connectivity index (χ2n) is 7.83. The van der Waals surface area contributed by atoms with E-state index in [0.717, 1.165) is 36.2 Å². The van der Waals surface area contributed by atoms with Crippen LogP contribution in [0.15, 0.2) is 48.5 Å². The van der Waals surface area contributed by atoms with Gasteiger partial charge in [-0.1, -0.05) is 37.6 Å². The van der Waals surface area contributed by atoms with E-state index in [4.69, 9.17) is 0 Å². The molecule has 1 fully saturated rings. The predicted octanol–water partition coefficient (Wildman–Crippen LogP) is 3.24. The molecule has 0 aromatic heterocycles. The largest absolute Gasteiger partial charge is 0.350 e. The van der Waals surface area contributed by atoms with Crippen LogP contribution in [0.1, 0.15) is 43.7 Å². The van der Waals surface area contributed by atoms with Crippen LogP contribution >= 0.6 is 0 Å². The van der Waals surface area contributed by atoms with Crippen LogP contribution in [0.2, 0.25) is 0 Å². The lowest BCUT2D eigenvalue weighted by molar-refractivity contribution is -0.123. The SMILES string of the molecule is CCC[C@@H](NC(=O)NCc1ccc(F)cc1)C(=O)NCc1ccc(N2CCCC2=O)cc1. The minimum Gasteiger partial charge on any atom is -0.350 e. The number of carbonyl (C=O) groups is 3. The van der Waals surface area contributed by atoms with E-state index in [0.29, 0.717) is 19.4 Å². The molecular weight excluding hydrogens is 411 g/mol. The highest BCUT2D eigenvalue weighted by molar-refractivity contribution is 5.95. The Bertz CT molecular complexity index is 931. The van der Waals surface area contributed by atoms with Crippen LogP contribution in [-0.2, 0) is 22.7 Å². The Morgan fingerprint density at radius 2 is 1.62 bits per heavy atom. The highest BCUT2D eigenvalue weighted by Gasteiger charge is 2.22. The zero-order valence-corrected chi connectivity index (χ0v) is 18.2. The number of halogens is 1. The number of carbonyl (C=O) groups excluding carboxylic acids is 3. The van der Waals surface area contributed by atoms with E-state index >= 15 is 0 Å². The number of anilines is 1. The highest BCUT2D eigenvalue weighted by Crippen LogP contribution is 2.21. The molecule has 1 atom stereocenters. The molecule has 1 heterocycles. The third kappa shape index (κ3) is 6.54. The van der Waals surface area contributed by atoms with Crippen molar-refractivity contribution in [1.82, 2.24) is 16.0 Å². The zero-order valence-electron chi connectivity index (χ0n) is 18.2. The number of rotatable bonds is 9. The van der Waals surface area contributed by atoms with Crippen LogP contribution in [-0.4, -0.2) is 30.4 Å². The van der Waals surface area contributed by atoms with Crippen LogP contribution in [0.25, 0.3) is 0 Å². The highest BCUT2D eigenvalue weighted by atomic mass is 19.1. The summed E-state index contributed by atoms with van der Waals surface area (Å²) in [6.07, 6.45) is 2.70. The van der Waals surface area contributed by atoms with Crippen molar-refractivity contribution < 1.29 is 18.8 Å². The summed E-state index contributed by atoms with van der Waals surface area (Å²) < 4.78 is 13.0. The molecule has 0 spiro atoms. The van der Waals surface area contributed by atoms with Gasteiger partial charge in [0.25, 0.3) is 0 Å². The van der Waals surface area contributed by atoms with Crippen molar-refractivity contribution in [3.8, 4) is 0 Å². The summed E-state index contributed by atoms with van der Waals surface area (Å²) in [7, 11) is 0. The maximum Gasteiger partial charge on any atom is 0.315 e. The second kappa shape index (κ2) is 11.3. The molecule has 32 heavy (non-hydrogen) atoms. The van der Waals surface area contributed by atoms with Gasteiger partial charge in [-0.05, 0) is 48.2 Å². The molecule has 1 aliphatic heterocycles. The standard InChI is InChI=1S/C24H29FN4O3/c1-2-4-21(28-24(32)27-16-17-6-10-19(25)11-7-17)23(31)26-15-18-8-12-20(13-9-18)29-14-3-5-22(29)30/h6-13,21H,2-5,14-16H2,1H3,(H,26,31)(H2,27,28,32)/t21-/m1/s1. The van der Waals surface area contributed by atoms with Crippen molar-refractivity contribution in [2.24, 2.45) is 0 Å². The van der Waals surface area contributed by atoms with Gasteiger partial charge in [0.2, 0.25) is 11.8 Å². The van der Waals surface area contributed by atoms with Crippen molar-refractivity contribution >= 4 is 23.5 Å². The van der Waals surface area contributed by atoms with Gasteiger partial charge in [-0.3, -0.25) is 9.59 Å². The Labute approximate surface area is 187 Å². The van der Waals surface area contributed by atoms with E-state index in [1.54, 1.807) is 17.0 Å². The summed E-state index contributed by atoms with van der Waals surface area (Å²) in [5.41, 5.74) is 2.54. The van der Waals surface area contributed by atoms with Crippen molar-refractivity contribution in [2.75, 3.05) is 11.4 Å². The molecule has 0 bridgehead atoms. The van der Waals surface area contributed by atoms with Gasteiger partial charge in [-0.2, -0.15) is 0 Å². The molecule has 0 unspecified atom stereocenters. The number of hydrogen-bond donors (Lipinski definition) is 3. The van der Waals surface area contributed by atoms with E-state index in [1.165, 1.54) is 12.1 Å². The average Bonchev–Trinajstić information content (AvgIpc) is 3.23. The van der Waals surface area contributed by atoms with Gasteiger partial charge < -0.3 is 20.9 Å². The summed E-state index contributed by atoms with van der Waals surface area (Å²) in [6, 6.07) is 12.3. The van der Waals surface area contributed by atoms with Crippen LogP contribution in [0.4, 0.5) is 14.9 Å². The number of hydrogen-bond acceptors (Lipinski definition) is 3. The fourth-order valence-electron chi connectivity index (χ4n) is 3.58. The van der Waals surface area contributed by atoms with Gasteiger partial charge in [0.05, 0.1) is 0 Å². The molecule has 7 nitrogen and oxygen atoms in total. The molecule has 0 saturated carbocycles. The van der Waals surface area contributed by atoms with Crippen LogP contribution in [0, 0.1) is 5.82 Å². The van der Waals surface area contributed by atoms with Crippen LogP contribution in [0.5, 0.6) is 0 Å². The molecule has 1 aliphatic rings. The van der Waals surface area contributed by atoms with Gasteiger partial charge >= 0.3 is 6.03 Å². The number of amides is 4. The monoisotopic (exact) mass is 440 g/mol. The van der Waals surface area contributed by atoms with E-state index < -0.39 is 12.1 Å². The molecule has 2 aromatic rings. The van der Waals surface area contributed by atoms with E-state index in [1.807, 2.05) is 31.2 Å². The van der Waals surface area contributed by atoms with Gasteiger partial charge in [-0.15, -0.1) is 0 Å². The molecule has 1 saturated heterocycles. The lowest BCUT2D eigenvalue weighted by Gasteiger charge is -2.19. The molecular formula is C24H29FN4O3. The lowest BCUT2D eigenvalue weighted by Crippen LogP contribution is -2.49. The smallest absolute Gasteiger partial charge is 0.315 e. The van der Waals surface area contributed by atoms with Crippen molar-refractivity contribution in [3.63, 3.8) is 0 Å². The Morgan fingerprint density at radius 1 is 1.00 bits per heavy atom. The quantitative estimate of drug-likeness (QED) is 0.559. The summed E-state index contributed by atoms with van der Waals surface area (Å²) in [5.74, 6) is -0.461. The van der Waals surface area contributed by atoms with E-state index in [9.17, 15) is 18.8 Å². The van der Waals surface area contributed by atoms with Gasteiger partial charge in [0.15, 0.2) is 0 Å². The number of nitrogens with zero attached hydrogens (tertiary/aromatic N) is 1. The summed E-state index contributed by atoms with van der Waals surface area (Å²) in [5, 5.41) is 8.26. The van der Waals surface area contributed by atoms with Crippen molar-refractivity contribution in [2.45, 2.75) is 51.7 Å². The molecule has 8 heteroatoms. The normalized spacial score (nSPS) is 14.2. The Balaban J connectivity index is 1.48. The fraction of sp³-hybridized carbons (Fsp3) is 0.375. The topological polar surface area (TPSA) is 90.5 Å². The van der Waals surface area contributed by atoms with Gasteiger partial charge in [0, 0.05) is 31.7 Å². The Kier molecular flexibility index (Phi) is 8.19. The lowest BCUT2D eigenvalue weighted by atomic mass is 10.1. The van der Waals surface area contributed by atoms with E-state index in [-0.39, 0.29) is 24.2 Å². The first-order valence-electron chi connectivity index (χ1n) is 10.9. The first-order chi connectivity index (χ1) is 15.5. The van der Waals surface area contributed by atoms with Gasteiger partial charge in [-0.25, -0.2) is 9.18 Å². The second-order valence-corrected chi connectivity index (χ2v) is 7.83. The van der Waals surface area contributed by atoms with Crippen LogP contribution < -0.4 is 20.9 Å². The summed E-state index contributed by atoms with van der Waals surface area (Å²) in [6.45, 7) is 3.24. The van der Waals surface area contributed by atoms with E-state index in [2.05, 4.69) is 16.0 Å². The molecule has 4 amide bonds. The van der Waals surface area contributed by atoms with Crippen molar-refractivity contribution in [1.29, 1.82) is 0 Å².